The predicted octanol–water partition coefficient (Wildman–Crippen LogP) is 5.99. The van der Waals surface area contributed by atoms with E-state index >= 15 is 0 Å². The number of carbonyl (C=O) groups excluding carboxylic acids is 2. The Balaban J connectivity index is 1.88. The van der Waals surface area contributed by atoms with Crippen molar-refractivity contribution >= 4 is 33.4 Å². The quantitative estimate of drug-likeness (QED) is 0.0317. The zero-order chi connectivity index (χ0) is 41.4. The van der Waals surface area contributed by atoms with Crippen molar-refractivity contribution in [1.82, 2.24) is 9.55 Å². The van der Waals surface area contributed by atoms with Crippen LogP contribution in [0.2, 0.25) is 0 Å². The van der Waals surface area contributed by atoms with Crippen molar-refractivity contribution in [1.29, 1.82) is 0 Å². The van der Waals surface area contributed by atoms with E-state index in [0.29, 0.717) is 12.8 Å². The van der Waals surface area contributed by atoms with E-state index in [0.717, 1.165) is 62.1 Å². The molecule has 1 aliphatic heterocycles. The van der Waals surface area contributed by atoms with Crippen molar-refractivity contribution in [2.45, 2.75) is 173 Å². The summed E-state index contributed by atoms with van der Waals surface area (Å²) in [7, 11) is -10.8. The van der Waals surface area contributed by atoms with Crippen LogP contribution in [0.4, 0.5) is 5.82 Å². The van der Waals surface area contributed by atoms with Crippen LogP contribution in [0.3, 0.4) is 0 Å². The lowest BCUT2D eigenvalue weighted by Gasteiger charge is -2.21. The molecule has 0 bridgehead atoms. The molecule has 2 rings (SSSR count). The molecule has 1 aromatic heterocycles. The number of aliphatic hydroxyl groups excluding tert-OH is 2. The highest BCUT2D eigenvalue weighted by molar-refractivity contribution is 7.61. The summed E-state index contributed by atoms with van der Waals surface area (Å²) in [6, 6.07) is 1.24. The Morgan fingerprint density at radius 2 is 1.29 bits per heavy atom. The molecule has 1 aromatic rings. The summed E-state index contributed by atoms with van der Waals surface area (Å²) in [6.45, 7) is 2.06. The molecular formula is C36H65N3O15P2. The van der Waals surface area contributed by atoms with E-state index in [2.05, 4.69) is 23.1 Å². The second-order valence-electron chi connectivity index (χ2n) is 14.2. The number of aromatic nitrogens is 2. The largest absolute Gasteiger partial charge is 0.481 e. The molecule has 2 unspecified atom stereocenters. The first kappa shape index (κ1) is 49.9. The van der Waals surface area contributed by atoms with Gasteiger partial charge in [0.2, 0.25) is 0 Å². The number of carbonyl (C=O) groups is 2. The molecule has 2 heterocycles. The molecule has 1 aliphatic rings. The SMILES string of the molecule is CCCCCCCCCCCC(=O)OC[C@H](COP(=O)(O)OP(=O)(O)OC[C@H]1O[C@@H](n2ccc(N)nc2=O)[C@H](O)[C@@H]1O)OC(=O)CCCCCCCCCCC. The summed E-state index contributed by atoms with van der Waals surface area (Å²) in [6.07, 6.45) is 12.5. The molecule has 0 saturated carbocycles. The molecule has 1 fully saturated rings. The number of rotatable bonds is 32. The van der Waals surface area contributed by atoms with Gasteiger partial charge in [0.25, 0.3) is 0 Å². The highest BCUT2D eigenvalue weighted by Gasteiger charge is 2.46. The molecule has 0 radical (unpaired) electrons. The second-order valence-corrected chi connectivity index (χ2v) is 17.2. The molecular weight excluding hydrogens is 776 g/mol. The van der Waals surface area contributed by atoms with Crippen molar-refractivity contribution in [3.8, 4) is 0 Å². The number of ether oxygens (including phenoxy) is 3. The van der Waals surface area contributed by atoms with Gasteiger partial charge in [-0.05, 0) is 18.9 Å². The number of phosphoric ester groups is 2. The average molecular weight is 842 g/mol. The van der Waals surface area contributed by atoms with Crippen LogP contribution < -0.4 is 11.4 Å². The fraction of sp³-hybridized carbons (Fsp3) is 0.833. The lowest BCUT2D eigenvalue weighted by atomic mass is 10.1. The normalized spacial score (nSPS) is 21.0. The summed E-state index contributed by atoms with van der Waals surface area (Å²) in [4.78, 5) is 61.2. The molecule has 0 amide bonds. The maximum atomic E-state index is 12.7. The number of aliphatic hydroxyl groups is 2. The van der Waals surface area contributed by atoms with Crippen molar-refractivity contribution in [2.75, 3.05) is 25.6 Å². The molecule has 56 heavy (non-hydrogen) atoms. The van der Waals surface area contributed by atoms with Gasteiger partial charge in [0.1, 0.15) is 30.7 Å². The van der Waals surface area contributed by atoms with Crippen molar-refractivity contribution in [3.63, 3.8) is 0 Å². The minimum Gasteiger partial charge on any atom is -0.462 e. The van der Waals surface area contributed by atoms with Crippen molar-refractivity contribution < 1.29 is 66.3 Å². The molecule has 6 N–H and O–H groups in total. The number of anilines is 1. The van der Waals surface area contributed by atoms with E-state index in [1.165, 1.54) is 57.4 Å². The van der Waals surface area contributed by atoms with Gasteiger partial charge in [-0.3, -0.25) is 23.2 Å². The Morgan fingerprint density at radius 3 is 1.82 bits per heavy atom. The van der Waals surface area contributed by atoms with Gasteiger partial charge in [-0.2, -0.15) is 9.29 Å². The summed E-state index contributed by atoms with van der Waals surface area (Å²) < 4.78 is 56.2. The molecule has 0 aliphatic carbocycles. The van der Waals surface area contributed by atoms with E-state index in [4.69, 9.17) is 29.0 Å². The van der Waals surface area contributed by atoms with Crippen molar-refractivity contribution in [3.05, 3.63) is 22.7 Å². The van der Waals surface area contributed by atoms with Gasteiger partial charge in [0.05, 0.1) is 13.2 Å². The fourth-order valence-corrected chi connectivity index (χ4v) is 8.13. The van der Waals surface area contributed by atoms with E-state index < -0.39 is 83.7 Å². The third-order valence-corrected chi connectivity index (χ3v) is 11.8. The molecule has 18 nitrogen and oxygen atoms in total. The first-order chi connectivity index (χ1) is 26.7. The van der Waals surface area contributed by atoms with Crippen LogP contribution in [0, 0.1) is 0 Å². The van der Waals surface area contributed by atoms with Crippen LogP contribution in [-0.2, 0) is 46.3 Å². The third-order valence-electron chi connectivity index (χ3n) is 9.19. The lowest BCUT2D eigenvalue weighted by Crippen LogP contribution is -2.36. The smallest absolute Gasteiger partial charge is 0.462 e. The van der Waals surface area contributed by atoms with Crippen LogP contribution in [0.1, 0.15) is 148 Å². The second kappa shape index (κ2) is 27.4. The number of phosphoric acid groups is 2. The summed E-state index contributed by atoms with van der Waals surface area (Å²) >= 11 is 0. The molecule has 324 valence electrons. The van der Waals surface area contributed by atoms with E-state index in [1.54, 1.807) is 0 Å². The number of hydrogen-bond acceptors (Lipinski definition) is 15. The lowest BCUT2D eigenvalue weighted by molar-refractivity contribution is -0.161. The number of nitrogens with two attached hydrogens (primary N) is 1. The maximum Gasteiger partial charge on any atom is 0.481 e. The Kier molecular flexibility index (Phi) is 24.5. The number of nitrogen functional groups attached to an aromatic ring is 1. The van der Waals surface area contributed by atoms with Crippen LogP contribution in [0.25, 0.3) is 0 Å². The highest BCUT2D eigenvalue weighted by atomic mass is 31.3. The molecule has 0 aromatic carbocycles. The third kappa shape index (κ3) is 21.0. The van der Waals surface area contributed by atoms with Gasteiger partial charge in [-0.1, -0.05) is 117 Å². The standard InChI is InChI=1S/C36H65N3O15P2/c1-3-5-7-9-11-13-15-17-19-21-31(40)49-25-28(52-32(41)22-20-18-16-14-12-10-8-6-4-2)26-50-55(45,46)54-56(47,48)51-27-29-33(42)34(43)35(53-29)39-24-23-30(37)38-36(39)44/h23-24,28-29,33-35,42-43H,3-22,25-27H2,1-2H3,(H,45,46)(H,47,48)(H2,37,38,44)/t28-,29-,33-,34-,35-/m1/s1. The summed E-state index contributed by atoms with van der Waals surface area (Å²) in [5, 5.41) is 20.8. The van der Waals surface area contributed by atoms with Crippen LogP contribution in [0.5, 0.6) is 0 Å². The Hall–Kier alpha value is -2.24. The zero-order valence-corrected chi connectivity index (χ0v) is 34.7. The molecule has 1 saturated heterocycles. The summed E-state index contributed by atoms with van der Waals surface area (Å²) in [5.41, 5.74) is 4.56. The minimum atomic E-state index is -5.40. The van der Waals surface area contributed by atoms with E-state index in [9.17, 15) is 43.5 Å². The summed E-state index contributed by atoms with van der Waals surface area (Å²) in [5.74, 6) is -1.29. The predicted molar refractivity (Wildman–Crippen MR) is 206 cm³/mol. The van der Waals surface area contributed by atoms with Gasteiger partial charge < -0.3 is 39.9 Å². The molecule has 20 heteroatoms. The van der Waals surface area contributed by atoms with Crippen LogP contribution in [-0.4, -0.2) is 85.7 Å². The van der Waals surface area contributed by atoms with Gasteiger partial charge >= 0.3 is 33.3 Å². The Morgan fingerprint density at radius 1 is 0.786 bits per heavy atom. The first-order valence-electron chi connectivity index (χ1n) is 20.0. The van der Waals surface area contributed by atoms with Gasteiger partial charge in [0, 0.05) is 19.0 Å². The van der Waals surface area contributed by atoms with E-state index in [-0.39, 0.29) is 18.7 Å². The Bertz CT molecular complexity index is 1430. The van der Waals surface area contributed by atoms with Crippen LogP contribution in [0.15, 0.2) is 17.1 Å². The van der Waals surface area contributed by atoms with Gasteiger partial charge in [-0.15, -0.1) is 0 Å². The fourth-order valence-electron chi connectivity index (χ4n) is 6.02. The first-order valence-corrected chi connectivity index (χ1v) is 23.0. The average Bonchev–Trinajstić information content (AvgIpc) is 3.42. The number of nitrogens with zero attached hydrogens (tertiary/aromatic N) is 2. The van der Waals surface area contributed by atoms with E-state index in [1.807, 2.05) is 0 Å². The highest BCUT2D eigenvalue weighted by Crippen LogP contribution is 2.60. The number of hydrogen-bond donors (Lipinski definition) is 5. The minimum absolute atomic E-state index is 0.0554. The number of esters is 2. The Labute approximate surface area is 330 Å². The monoisotopic (exact) mass is 841 g/mol. The van der Waals surface area contributed by atoms with Crippen LogP contribution >= 0.6 is 15.6 Å². The van der Waals surface area contributed by atoms with Gasteiger partial charge in [0.15, 0.2) is 12.3 Å². The van der Waals surface area contributed by atoms with Crippen molar-refractivity contribution in [2.24, 2.45) is 0 Å². The molecule has 7 atom stereocenters. The maximum absolute atomic E-state index is 12.7. The van der Waals surface area contributed by atoms with Gasteiger partial charge in [-0.25, -0.2) is 13.9 Å². The molecule has 0 spiro atoms. The topological polar surface area (TPSA) is 265 Å². The zero-order valence-electron chi connectivity index (χ0n) is 33.0. The number of unbranched alkanes of at least 4 members (excludes halogenated alkanes) is 16.